The fourth-order valence-corrected chi connectivity index (χ4v) is 4.79. The van der Waals surface area contributed by atoms with Crippen molar-refractivity contribution in [3.8, 4) is 11.1 Å². The van der Waals surface area contributed by atoms with E-state index in [1.807, 2.05) is 61.7 Å². The Morgan fingerprint density at radius 2 is 1.73 bits per heavy atom. The van der Waals surface area contributed by atoms with Crippen molar-refractivity contribution in [3.05, 3.63) is 162 Å². The molecule has 0 fully saturated rings. The molecular weight excluding hydrogens is 495 g/mol. The molecule has 5 aromatic rings. The first-order valence-corrected chi connectivity index (χ1v) is 13.0. The number of benzene rings is 3. The van der Waals surface area contributed by atoms with Crippen LogP contribution in [-0.2, 0) is 6.42 Å². The van der Waals surface area contributed by atoms with E-state index in [2.05, 4.69) is 46.6 Å². The zero-order chi connectivity index (χ0) is 28.1. The Morgan fingerprint density at radius 1 is 0.950 bits per heavy atom. The first-order valence-electron chi connectivity index (χ1n) is 13.0. The molecule has 2 aromatic heterocycles. The van der Waals surface area contributed by atoms with Gasteiger partial charge in [-0.15, -0.1) is 0 Å². The molecule has 2 heterocycles. The predicted molar refractivity (Wildman–Crippen MR) is 165 cm³/mol. The number of aromatic amines is 1. The number of nitrogens with zero attached hydrogens (tertiary/aromatic N) is 1. The van der Waals surface area contributed by atoms with Gasteiger partial charge in [0, 0.05) is 46.5 Å². The first kappa shape index (κ1) is 26.4. The second-order valence-electron chi connectivity index (χ2n) is 9.68. The van der Waals surface area contributed by atoms with Crippen LogP contribution in [0.3, 0.4) is 0 Å². The average Bonchev–Trinajstić information content (AvgIpc) is 3.33. The SMILES string of the molecule is C=C/C=C(/c1ccc(F)cc1)c1cc(Cc2cc(-c3cncc(NC(=C)c4ccccc4)c3)ccc2N)[nH]c1C. The topological polar surface area (TPSA) is 66.7 Å². The molecule has 4 N–H and O–H groups in total. The van der Waals surface area contributed by atoms with E-state index in [0.29, 0.717) is 6.42 Å². The van der Waals surface area contributed by atoms with Crippen molar-refractivity contribution in [3.63, 3.8) is 0 Å². The van der Waals surface area contributed by atoms with Crippen LogP contribution in [-0.4, -0.2) is 9.97 Å². The lowest BCUT2D eigenvalue weighted by Gasteiger charge is -2.12. The number of nitrogen functional groups attached to an aromatic ring is 1. The van der Waals surface area contributed by atoms with Crippen LogP contribution >= 0.6 is 0 Å². The smallest absolute Gasteiger partial charge is 0.123 e. The van der Waals surface area contributed by atoms with Crippen molar-refractivity contribution < 1.29 is 4.39 Å². The molecule has 0 aliphatic heterocycles. The van der Waals surface area contributed by atoms with E-state index in [4.69, 9.17) is 5.73 Å². The molecule has 0 spiro atoms. The molecule has 0 saturated carbocycles. The van der Waals surface area contributed by atoms with Gasteiger partial charge in [0.1, 0.15) is 5.82 Å². The number of hydrogen-bond donors (Lipinski definition) is 3. The summed E-state index contributed by atoms with van der Waals surface area (Å²) in [5.41, 5.74) is 17.8. The van der Waals surface area contributed by atoms with E-state index in [1.54, 1.807) is 24.4 Å². The Kier molecular flexibility index (Phi) is 7.74. The summed E-state index contributed by atoms with van der Waals surface area (Å²) in [5, 5.41) is 3.36. The Bertz CT molecular complexity index is 1700. The zero-order valence-corrected chi connectivity index (χ0v) is 22.4. The van der Waals surface area contributed by atoms with Crippen molar-refractivity contribution in [2.24, 2.45) is 0 Å². The molecule has 3 aromatic carbocycles. The molecule has 0 atom stereocenters. The summed E-state index contributed by atoms with van der Waals surface area (Å²) in [5.74, 6) is -0.263. The van der Waals surface area contributed by atoms with Gasteiger partial charge in [-0.3, -0.25) is 4.98 Å². The molecule has 0 amide bonds. The van der Waals surface area contributed by atoms with E-state index < -0.39 is 0 Å². The summed E-state index contributed by atoms with van der Waals surface area (Å²) in [7, 11) is 0. The number of aryl methyl sites for hydroxylation is 1. The number of pyridine rings is 1. The van der Waals surface area contributed by atoms with E-state index in [9.17, 15) is 4.39 Å². The van der Waals surface area contributed by atoms with Crippen molar-refractivity contribution in [1.82, 2.24) is 9.97 Å². The molecule has 0 saturated heterocycles. The van der Waals surface area contributed by atoms with Crippen LogP contribution < -0.4 is 11.1 Å². The maximum atomic E-state index is 13.5. The van der Waals surface area contributed by atoms with Gasteiger partial charge in [0.05, 0.1) is 11.9 Å². The van der Waals surface area contributed by atoms with Crippen LogP contribution in [0.1, 0.15) is 33.6 Å². The van der Waals surface area contributed by atoms with Crippen LogP contribution in [0, 0.1) is 12.7 Å². The number of hydrogen-bond acceptors (Lipinski definition) is 3. The Hall–Kier alpha value is -5.16. The number of nitrogens with two attached hydrogens (primary N) is 1. The van der Waals surface area contributed by atoms with Crippen molar-refractivity contribution >= 4 is 22.6 Å². The number of rotatable bonds is 9. The fraction of sp³-hybridized carbons (Fsp3) is 0.0571. The minimum absolute atomic E-state index is 0.263. The maximum absolute atomic E-state index is 13.5. The van der Waals surface area contributed by atoms with Gasteiger partial charge in [0.2, 0.25) is 0 Å². The molecule has 40 heavy (non-hydrogen) atoms. The van der Waals surface area contributed by atoms with Crippen LogP contribution in [0.25, 0.3) is 22.4 Å². The van der Waals surface area contributed by atoms with Crippen LogP contribution in [0.2, 0.25) is 0 Å². The third-order valence-corrected chi connectivity index (χ3v) is 6.81. The highest BCUT2D eigenvalue weighted by atomic mass is 19.1. The first-order chi connectivity index (χ1) is 19.4. The van der Waals surface area contributed by atoms with Crippen molar-refractivity contribution in [1.29, 1.82) is 0 Å². The van der Waals surface area contributed by atoms with Gasteiger partial charge in [-0.05, 0) is 71.1 Å². The van der Waals surface area contributed by atoms with E-state index in [0.717, 1.165) is 67.4 Å². The van der Waals surface area contributed by atoms with Crippen molar-refractivity contribution in [2.45, 2.75) is 13.3 Å². The van der Waals surface area contributed by atoms with Gasteiger partial charge in [0.15, 0.2) is 0 Å². The lowest BCUT2D eigenvalue weighted by Crippen LogP contribution is -1.99. The van der Waals surface area contributed by atoms with E-state index >= 15 is 0 Å². The molecule has 5 heteroatoms. The molecule has 0 aliphatic carbocycles. The molecule has 0 aliphatic rings. The normalized spacial score (nSPS) is 11.3. The summed E-state index contributed by atoms with van der Waals surface area (Å²) in [4.78, 5) is 7.96. The molecule has 198 valence electrons. The van der Waals surface area contributed by atoms with Gasteiger partial charge < -0.3 is 16.0 Å². The molecule has 0 bridgehead atoms. The van der Waals surface area contributed by atoms with Crippen LogP contribution in [0.15, 0.2) is 123 Å². The minimum Gasteiger partial charge on any atom is -0.398 e. The van der Waals surface area contributed by atoms with Gasteiger partial charge >= 0.3 is 0 Å². The molecule has 4 nitrogen and oxygen atoms in total. The van der Waals surface area contributed by atoms with E-state index in [-0.39, 0.29) is 5.82 Å². The van der Waals surface area contributed by atoms with E-state index in [1.165, 1.54) is 12.1 Å². The minimum atomic E-state index is -0.263. The molecule has 5 rings (SSSR count). The van der Waals surface area contributed by atoms with Gasteiger partial charge in [-0.1, -0.05) is 73.8 Å². The zero-order valence-electron chi connectivity index (χ0n) is 22.4. The molecule has 0 radical (unpaired) electrons. The number of H-pyrrole nitrogens is 1. The third kappa shape index (κ3) is 5.94. The monoisotopic (exact) mass is 526 g/mol. The number of anilines is 2. The summed E-state index contributed by atoms with van der Waals surface area (Å²) in [6, 6.07) is 26.7. The largest absolute Gasteiger partial charge is 0.398 e. The highest BCUT2D eigenvalue weighted by Crippen LogP contribution is 2.31. The third-order valence-electron chi connectivity index (χ3n) is 6.81. The average molecular weight is 527 g/mol. The Morgan fingerprint density at radius 3 is 2.48 bits per heavy atom. The summed E-state index contributed by atoms with van der Waals surface area (Å²) in [6.45, 7) is 10.1. The van der Waals surface area contributed by atoms with Crippen LogP contribution in [0.5, 0.6) is 0 Å². The quantitative estimate of drug-likeness (QED) is 0.133. The lowest BCUT2D eigenvalue weighted by atomic mass is 9.96. The van der Waals surface area contributed by atoms with Gasteiger partial charge in [-0.2, -0.15) is 0 Å². The number of nitrogens with one attached hydrogen (secondary N) is 2. The lowest BCUT2D eigenvalue weighted by molar-refractivity contribution is 0.627. The highest BCUT2D eigenvalue weighted by molar-refractivity contribution is 5.82. The maximum Gasteiger partial charge on any atom is 0.123 e. The fourth-order valence-electron chi connectivity index (χ4n) is 4.79. The second kappa shape index (κ2) is 11.7. The van der Waals surface area contributed by atoms with Crippen molar-refractivity contribution in [2.75, 3.05) is 11.1 Å². The summed E-state index contributed by atoms with van der Waals surface area (Å²) >= 11 is 0. The summed E-state index contributed by atoms with van der Waals surface area (Å²) in [6.07, 6.45) is 7.95. The number of aromatic nitrogens is 2. The standard InChI is InChI=1S/C35H31FN4/c1-4-8-33(26-11-14-30(36)15-12-26)34-20-31(40-24(34)3)18-28-17-27(13-16-35(28)37)29-19-32(22-38-21-29)39-23(2)25-9-6-5-7-10-25/h4-17,19-22,39-40H,1-2,18,37H2,3H3/b33-8-. The molecule has 0 unspecified atom stereocenters. The molecular formula is C35H31FN4. The second-order valence-corrected chi connectivity index (χ2v) is 9.68. The summed E-state index contributed by atoms with van der Waals surface area (Å²) < 4.78 is 13.5. The Labute approximate surface area is 234 Å². The highest BCUT2D eigenvalue weighted by Gasteiger charge is 2.14. The Balaban J connectivity index is 1.40. The number of halogens is 1. The number of allylic oxidation sites excluding steroid dienone is 2. The van der Waals surface area contributed by atoms with Gasteiger partial charge in [-0.25, -0.2) is 4.39 Å². The predicted octanol–water partition coefficient (Wildman–Crippen LogP) is 8.40. The van der Waals surface area contributed by atoms with Gasteiger partial charge in [0.25, 0.3) is 0 Å². The van der Waals surface area contributed by atoms with Crippen LogP contribution in [0.4, 0.5) is 15.8 Å².